The maximum Gasteiger partial charge on any atom is 0.224 e. The molecule has 5 heteroatoms. The quantitative estimate of drug-likeness (QED) is 0.608. The number of hydrogen-bond acceptors (Lipinski definition) is 3. The van der Waals surface area contributed by atoms with Crippen molar-refractivity contribution in [1.82, 2.24) is 14.9 Å². The van der Waals surface area contributed by atoms with Gasteiger partial charge < -0.3 is 0 Å². The van der Waals surface area contributed by atoms with Gasteiger partial charge in [0.25, 0.3) is 0 Å². The van der Waals surface area contributed by atoms with Crippen LogP contribution in [0.1, 0.15) is 36.1 Å². The summed E-state index contributed by atoms with van der Waals surface area (Å²) in [5.41, 5.74) is 3.49. The van der Waals surface area contributed by atoms with Crippen molar-refractivity contribution in [3.05, 3.63) is 57.6 Å². The lowest BCUT2D eigenvalue weighted by molar-refractivity contribution is -0.00881. The van der Waals surface area contributed by atoms with Gasteiger partial charge in [-0.15, -0.1) is 0 Å². The summed E-state index contributed by atoms with van der Waals surface area (Å²) in [6.45, 7) is 1.94. The molecule has 0 N–H and O–H groups in total. The summed E-state index contributed by atoms with van der Waals surface area (Å²) in [5.74, 6) is 0. The molecule has 0 atom stereocenters. The van der Waals surface area contributed by atoms with Gasteiger partial charge in [-0.3, -0.25) is 4.90 Å². The van der Waals surface area contributed by atoms with Crippen molar-refractivity contribution in [3.63, 3.8) is 0 Å². The third-order valence-corrected chi connectivity index (χ3v) is 5.49. The molecular weight excluding hydrogens is 317 g/mol. The van der Waals surface area contributed by atoms with Crippen molar-refractivity contribution in [2.24, 2.45) is 0 Å². The molecule has 0 saturated heterocycles. The highest BCUT2D eigenvalue weighted by molar-refractivity contribution is 6.32. The molecule has 0 radical (unpaired) electrons. The lowest BCUT2D eigenvalue weighted by atomic mass is 9.69. The molecule has 2 aromatic rings. The molecule has 1 aromatic carbocycles. The molecular formula is C17H17Cl2N3. The van der Waals surface area contributed by atoms with Crippen LogP contribution in [0.5, 0.6) is 0 Å². The minimum absolute atomic E-state index is 0.000352. The Bertz CT molecular complexity index is 699. The maximum absolute atomic E-state index is 6.31. The smallest absolute Gasteiger partial charge is 0.224 e. The van der Waals surface area contributed by atoms with E-state index in [2.05, 4.69) is 45.2 Å². The first-order valence-electron chi connectivity index (χ1n) is 7.70. The molecule has 0 unspecified atom stereocenters. The zero-order chi connectivity index (χ0) is 15.2. The lowest BCUT2D eigenvalue weighted by Gasteiger charge is -2.53. The van der Waals surface area contributed by atoms with E-state index in [0.29, 0.717) is 5.15 Å². The van der Waals surface area contributed by atoms with E-state index in [9.17, 15) is 0 Å². The van der Waals surface area contributed by atoms with Gasteiger partial charge in [0, 0.05) is 18.7 Å². The average molecular weight is 334 g/mol. The van der Waals surface area contributed by atoms with Crippen molar-refractivity contribution in [3.8, 4) is 0 Å². The highest BCUT2D eigenvalue weighted by Crippen LogP contribution is 2.50. The fourth-order valence-electron chi connectivity index (χ4n) is 3.75. The van der Waals surface area contributed by atoms with Gasteiger partial charge in [0.1, 0.15) is 5.15 Å². The van der Waals surface area contributed by atoms with Gasteiger partial charge in [0.15, 0.2) is 0 Å². The van der Waals surface area contributed by atoms with Gasteiger partial charge >= 0.3 is 0 Å². The van der Waals surface area contributed by atoms with Gasteiger partial charge in [-0.05, 0) is 42.8 Å². The fraction of sp³-hybridized carbons (Fsp3) is 0.412. The van der Waals surface area contributed by atoms with E-state index in [0.717, 1.165) is 43.6 Å². The third kappa shape index (κ3) is 2.23. The first-order chi connectivity index (χ1) is 10.7. The van der Waals surface area contributed by atoms with E-state index in [1.54, 1.807) is 0 Å². The van der Waals surface area contributed by atoms with Crippen LogP contribution in [0.2, 0.25) is 10.4 Å². The van der Waals surface area contributed by atoms with Crippen LogP contribution in [-0.4, -0.2) is 21.4 Å². The normalized spacial score (nSPS) is 19.7. The summed E-state index contributed by atoms with van der Waals surface area (Å²) in [6, 6.07) is 10.6. The highest BCUT2D eigenvalue weighted by Gasteiger charge is 2.49. The molecule has 1 aliphatic carbocycles. The Morgan fingerprint density at radius 3 is 2.55 bits per heavy atom. The van der Waals surface area contributed by atoms with E-state index in [-0.39, 0.29) is 10.8 Å². The summed E-state index contributed by atoms with van der Waals surface area (Å²) < 4.78 is 0. The van der Waals surface area contributed by atoms with Crippen LogP contribution >= 0.6 is 23.2 Å². The molecule has 22 heavy (non-hydrogen) atoms. The minimum Gasteiger partial charge on any atom is -0.288 e. The number of rotatable bonds is 2. The van der Waals surface area contributed by atoms with Crippen LogP contribution < -0.4 is 0 Å². The van der Waals surface area contributed by atoms with Gasteiger partial charge in [0.2, 0.25) is 5.28 Å². The molecule has 1 aliphatic heterocycles. The summed E-state index contributed by atoms with van der Waals surface area (Å²) in [6.07, 6.45) is 4.36. The van der Waals surface area contributed by atoms with Crippen LogP contribution in [0, 0.1) is 0 Å². The Morgan fingerprint density at radius 2 is 1.86 bits per heavy atom. The van der Waals surface area contributed by atoms with Gasteiger partial charge in [-0.25, -0.2) is 9.97 Å². The number of aromatic nitrogens is 2. The second kappa shape index (κ2) is 5.48. The zero-order valence-corrected chi connectivity index (χ0v) is 13.7. The summed E-state index contributed by atoms with van der Waals surface area (Å²) in [4.78, 5) is 11.2. The van der Waals surface area contributed by atoms with Crippen molar-refractivity contribution < 1.29 is 0 Å². The van der Waals surface area contributed by atoms with Gasteiger partial charge in [0.05, 0.1) is 11.2 Å². The van der Waals surface area contributed by atoms with Gasteiger partial charge in [-0.2, -0.15) is 0 Å². The fourth-order valence-corrected chi connectivity index (χ4v) is 4.22. The van der Waals surface area contributed by atoms with E-state index in [1.165, 1.54) is 12.0 Å². The number of benzene rings is 1. The Balaban J connectivity index is 1.73. The van der Waals surface area contributed by atoms with Crippen molar-refractivity contribution in [2.75, 3.05) is 6.54 Å². The van der Waals surface area contributed by atoms with Crippen LogP contribution in [0.4, 0.5) is 0 Å². The number of fused-ring (bicyclic) bond motifs is 2. The molecule has 1 aromatic heterocycles. The second-order valence-corrected chi connectivity index (χ2v) is 6.85. The monoisotopic (exact) mass is 333 g/mol. The zero-order valence-electron chi connectivity index (χ0n) is 12.2. The number of nitrogens with zero attached hydrogens (tertiary/aromatic N) is 3. The first-order valence-corrected chi connectivity index (χ1v) is 8.46. The number of hydrogen-bond donors (Lipinski definition) is 0. The second-order valence-electron chi connectivity index (χ2n) is 6.15. The van der Waals surface area contributed by atoms with Crippen LogP contribution in [0.25, 0.3) is 0 Å². The van der Waals surface area contributed by atoms with Crippen molar-refractivity contribution in [1.29, 1.82) is 0 Å². The summed E-state index contributed by atoms with van der Waals surface area (Å²) in [7, 11) is 0. The topological polar surface area (TPSA) is 29.0 Å². The molecule has 114 valence electrons. The van der Waals surface area contributed by atoms with Crippen LogP contribution in [-0.2, 0) is 18.5 Å². The van der Waals surface area contributed by atoms with E-state index >= 15 is 0 Å². The molecule has 1 fully saturated rings. The van der Waals surface area contributed by atoms with Crippen molar-refractivity contribution in [2.45, 2.75) is 37.8 Å². The average Bonchev–Trinajstić information content (AvgIpc) is 2.46. The predicted octanol–water partition coefficient (Wildman–Crippen LogP) is 4.22. The van der Waals surface area contributed by atoms with Crippen LogP contribution in [0.3, 0.4) is 0 Å². The SMILES string of the molecule is Clc1nc(Cl)c2c(n1)C1(CCC1)N(Cc1ccccc1)CC2. The highest BCUT2D eigenvalue weighted by atomic mass is 35.5. The summed E-state index contributed by atoms with van der Waals surface area (Å²) >= 11 is 12.4. The standard InChI is InChI=1S/C17H17Cl2N3/c18-15-13-7-10-22(11-12-5-2-1-3-6-12)17(8-4-9-17)14(13)20-16(19)21-15/h1-3,5-6H,4,7-11H2. The Kier molecular flexibility index (Phi) is 3.60. The molecule has 3 nitrogen and oxygen atoms in total. The predicted molar refractivity (Wildman–Crippen MR) is 88.1 cm³/mol. The maximum atomic E-state index is 6.31. The molecule has 2 heterocycles. The lowest BCUT2D eigenvalue weighted by Crippen LogP contribution is -2.55. The van der Waals surface area contributed by atoms with E-state index in [4.69, 9.17) is 23.2 Å². The van der Waals surface area contributed by atoms with E-state index < -0.39 is 0 Å². The number of halogens is 2. The Labute approximate surface area is 140 Å². The summed E-state index contributed by atoms with van der Waals surface area (Å²) in [5, 5.41) is 0.789. The molecule has 0 amide bonds. The molecule has 1 spiro atoms. The van der Waals surface area contributed by atoms with Crippen LogP contribution in [0.15, 0.2) is 30.3 Å². The van der Waals surface area contributed by atoms with Crippen molar-refractivity contribution >= 4 is 23.2 Å². The largest absolute Gasteiger partial charge is 0.288 e. The minimum atomic E-state index is -0.000352. The molecule has 1 saturated carbocycles. The van der Waals surface area contributed by atoms with Gasteiger partial charge in [-0.1, -0.05) is 41.9 Å². The third-order valence-electron chi connectivity index (χ3n) is 5.00. The molecule has 2 aliphatic rings. The Morgan fingerprint density at radius 1 is 1.09 bits per heavy atom. The van der Waals surface area contributed by atoms with E-state index in [1.807, 2.05) is 0 Å². The first kappa shape index (κ1) is 14.4. The molecule has 4 rings (SSSR count). The molecule has 0 bridgehead atoms. The Hall–Kier alpha value is -1.16.